The van der Waals surface area contributed by atoms with Gasteiger partial charge in [-0.05, 0) is 36.2 Å². The Morgan fingerprint density at radius 1 is 1.12 bits per heavy atom. The highest BCUT2D eigenvalue weighted by atomic mass is 35.5. The lowest BCUT2D eigenvalue weighted by Crippen LogP contribution is -2.33. The lowest BCUT2D eigenvalue weighted by atomic mass is 10.2. The van der Waals surface area contributed by atoms with Gasteiger partial charge in [-0.15, -0.1) is 0 Å². The van der Waals surface area contributed by atoms with E-state index in [1.807, 2.05) is 49.4 Å². The Hall–Kier alpha value is -2.33. The summed E-state index contributed by atoms with van der Waals surface area (Å²) in [7, 11) is 0. The van der Waals surface area contributed by atoms with E-state index < -0.39 is 0 Å². The fourth-order valence-corrected chi connectivity index (χ4v) is 2.60. The minimum absolute atomic E-state index is 0.0838. The molecule has 0 atom stereocenters. The Labute approximate surface area is 147 Å². The van der Waals surface area contributed by atoms with Crippen molar-refractivity contribution in [2.75, 3.05) is 11.4 Å². The first-order chi connectivity index (χ1) is 11.5. The first-order valence-corrected chi connectivity index (χ1v) is 8.20. The summed E-state index contributed by atoms with van der Waals surface area (Å²) in [5.41, 5.74) is 2.75. The Bertz CT molecular complexity index is 731. The zero-order chi connectivity index (χ0) is 17.5. The van der Waals surface area contributed by atoms with E-state index in [1.54, 1.807) is 11.0 Å². The molecule has 24 heavy (non-hydrogen) atoms. The number of aryl methyl sites for hydroxylation is 1. The predicted octanol–water partition coefficient (Wildman–Crippen LogP) is 3.71. The molecule has 1 N–H and O–H groups in total. The first kappa shape index (κ1) is 18.0. The van der Waals surface area contributed by atoms with Crippen LogP contribution in [0, 0.1) is 6.92 Å². The standard InChI is InChI=1S/C19H21ClN2O2/c1-14-6-5-8-17(12-14)22(15(2)23)11-10-19(24)21-13-16-7-3-4-9-18(16)20/h3-9,12H,10-11,13H2,1-2H3,(H,21,24). The molecule has 0 unspecified atom stereocenters. The van der Waals surface area contributed by atoms with Gasteiger partial charge in [0.2, 0.25) is 11.8 Å². The summed E-state index contributed by atoms with van der Waals surface area (Å²) in [5, 5.41) is 3.46. The van der Waals surface area contributed by atoms with E-state index in [0.717, 1.165) is 16.8 Å². The van der Waals surface area contributed by atoms with Gasteiger partial charge in [-0.3, -0.25) is 9.59 Å². The molecule has 4 nitrogen and oxygen atoms in total. The van der Waals surface area contributed by atoms with Crippen LogP contribution in [-0.4, -0.2) is 18.4 Å². The number of anilines is 1. The number of amides is 2. The number of nitrogens with one attached hydrogen (secondary N) is 1. The number of nitrogens with zero attached hydrogens (tertiary/aromatic N) is 1. The first-order valence-electron chi connectivity index (χ1n) is 7.82. The van der Waals surface area contributed by atoms with Crippen LogP contribution in [0.15, 0.2) is 48.5 Å². The van der Waals surface area contributed by atoms with E-state index in [-0.39, 0.29) is 18.2 Å². The molecular weight excluding hydrogens is 324 g/mol. The van der Waals surface area contributed by atoms with Gasteiger partial charge in [0.25, 0.3) is 0 Å². The van der Waals surface area contributed by atoms with E-state index in [2.05, 4.69) is 5.32 Å². The highest BCUT2D eigenvalue weighted by molar-refractivity contribution is 6.31. The SMILES string of the molecule is CC(=O)N(CCC(=O)NCc1ccccc1Cl)c1cccc(C)c1. The van der Waals surface area contributed by atoms with Crippen molar-refractivity contribution in [1.82, 2.24) is 5.32 Å². The minimum atomic E-state index is -0.117. The van der Waals surface area contributed by atoms with Gasteiger partial charge in [0.15, 0.2) is 0 Å². The van der Waals surface area contributed by atoms with Crippen LogP contribution in [0.25, 0.3) is 0 Å². The number of benzene rings is 2. The molecule has 0 aliphatic carbocycles. The molecule has 0 bridgehead atoms. The second-order valence-corrected chi connectivity index (χ2v) is 6.03. The number of hydrogen-bond acceptors (Lipinski definition) is 2. The van der Waals surface area contributed by atoms with Crippen LogP contribution >= 0.6 is 11.6 Å². The maximum Gasteiger partial charge on any atom is 0.223 e. The third-order valence-electron chi connectivity index (χ3n) is 3.69. The summed E-state index contributed by atoms with van der Waals surface area (Å²) in [4.78, 5) is 25.5. The number of hydrogen-bond donors (Lipinski definition) is 1. The van der Waals surface area contributed by atoms with Gasteiger partial charge in [-0.1, -0.05) is 41.9 Å². The van der Waals surface area contributed by atoms with Crippen molar-refractivity contribution in [2.24, 2.45) is 0 Å². The quantitative estimate of drug-likeness (QED) is 0.868. The van der Waals surface area contributed by atoms with Crippen molar-refractivity contribution in [2.45, 2.75) is 26.8 Å². The smallest absolute Gasteiger partial charge is 0.223 e. The number of carbonyl (C=O) groups excluding carboxylic acids is 2. The van der Waals surface area contributed by atoms with Gasteiger partial charge in [0, 0.05) is 37.1 Å². The molecule has 0 fully saturated rings. The van der Waals surface area contributed by atoms with E-state index in [4.69, 9.17) is 11.6 Å². The normalized spacial score (nSPS) is 10.3. The molecule has 0 aromatic heterocycles. The third kappa shape index (κ3) is 5.10. The van der Waals surface area contributed by atoms with Crippen LogP contribution in [0.2, 0.25) is 5.02 Å². The van der Waals surface area contributed by atoms with Crippen LogP contribution in [0.4, 0.5) is 5.69 Å². The lowest BCUT2D eigenvalue weighted by Gasteiger charge is -2.21. The van der Waals surface area contributed by atoms with Crippen LogP contribution in [0.5, 0.6) is 0 Å². The number of carbonyl (C=O) groups is 2. The topological polar surface area (TPSA) is 49.4 Å². The van der Waals surface area contributed by atoms with Crippen molar-refractivity contribution >= 4 is 29.1 Å². The average molecular weight is 345 g/mol. The molecular formula is C19H21ClN2O2. The number of rotatable bonds is 6. The third-order valence-corrected chi connectivity index (χ3v) is 4.06. The number of halogens is 1. The lowest BCUT2D eigenvalue weighted by molar-refractivity contribution is -0.121. The van der Waals surface area contributed by atoms with Crippen molar-refractivity contribution < 1.29 is 9.59 Å². The monoisotopic (exact) mass is 344 g/mol. The zero-order valence-electron chi connectivity index (χ0n) is 13.9. The molecule has 5 heteroatoms. The second-order valence-electron chi connectivity index (χ2n) is 5.63. The van der Waals surface area contributed by atoms with Crippen molar-refractivity contribution in [3.63, 3.8) is 0 Å². The van der Waals surface area contributed by atoms with E-state index in [9.17, 15) is 9.59 Å². The van der Waals surface area contributed by atoms with Crippen molar-refractivity contribution in [3.05, 3.63) is 64.7 Å². The molecule has 0 radical (unpaired) electrons. The van der Waals surface area contributed by atoms with Crippen molar-refractivity contribution in [1.29, 1.82) is 0 Å². The molecule has 126 valence electrons. The summed E-state index contributed by atoms with van der Waals surface area (Å²) < 4.78 is 0. The molecule has 2 aromatic rings. The van der Waals surface area contributed by atoms with Crippen molar-refractivity contribution in [3.8, 4) is 0 Å². The molecule has 2 amide bonds. The summed E-state index contributed by atoms with van der Waals surface area (Å²) in [6.45, 7) is 4.19. The van der Waals surface area contributed by atoms with Gasteiger partial charge in [0.1, 0.15) is 0 Å². The summed E-state index contributed by atoms with van der Waals surface area (Å²) >= 11 is 6.07. The van der Waals surface area contributed by atoms with Crippen LogP contribution in [0.1, 0.15) is 24.5 Å². The molecule has 0 aliphatic rings. The maximum atomic E-state index is 12.1. The van der Waals surface area contributed by atoms with Gasteiger partial charge >= 0.3 is 0 Å². The Morgan fingerprint density at radius 3 is 2.54 bits per heavy atom. The van der Waals surface area contributed by atoms with E-state index >= 15 is 0 Å². The van der Waals surface area contributed by atoms with E-state index in [0.29, 0.717) is 18.1 Å². The fraction of sp³-hybridized carbons (Fsp3) is 0.263. The van der Waals surface area contributed by atoms with Crippen LogP contribution in [-0.2, 0) is 16.1 Å². The van der Waals surface area contributed by atoms with E-state index in [1.165, 1.54) is 6.92 Å². The molecule has 2 rings (SSSR count). The van der Waals surface area contributed by atoms with Gasteiger partial charge in [-0.2, -0.15) is 0 Å². The van der Waals surface area contributed by atoms with Crippen LogP contribution in [0.3, 0.4) is 0 Å². The second kappa shape index (κ2) is 8.50. The van der Waals surface area contributed by atoms with Gasteiger partial charge in [-0.25, -0.2) is 0 Å². The highest BCUT2D eigenvalue weighted by Gasteiger charge is 2.13. The molecule has 0 saturated heterocycles. The molecule has 2 aromatic carbocycles. The van der Waals surface area contributed by atoms with Crippen LogP contribution < -0.4 is 10.2 Å². The Balaban J connectivity index is 1.91. The summed E-state index contributed by atoms with van der Waals surface area (Å²) in [6.07, 6.45) is 0.234. The Kier molecular flexibility index (Phi) is 6.38. The highest BCUT2D eigenvalue weighted by Crippen LogP contribution is 2.17. The molecule has 0 saturated carbocycles. The minimum Gasteiger partial charge on any atom is -0.352 e. The summed E-state index contributed by atoms with van der Waals surface area (Å²) in [5.74, 6) is -0.201. The molecule has 0 heterocycles. The zero-order valence-corrected chi connectivity index (χ0v) is 14.6. The van der Waals surface area contributed by atoms with Gasteiger partial charge < -0.3 is 10.2 Å². The largest absolute Gasteiger partial charge is 0.352 e. The predicted molar refractivity (Wildman–Crippen MR) is 97.1 cm³/mol. The fourth-order valence-electron chi connectivity index (χ4n) is 2.40. The molecule has 0 aliphatic heterocycles. The summed E-state index contributed by atoms with van der Waals surface area (Å²) in [6, 6.07) is 15.1. The molecule has 0 spiro atoms. The van der Waals surface area contributed by atoms with Gasteiger partial charge in [0.05, 0.1) is 0 Å². The Morgan fingerprint density at radius 2 is 1.88 bits per heavy atom. The maximum absolute atomic E-state index is 12.1. The average Bonchev–Trinajstić information content (AvgIpc) is 2.54.